The third-order valence-corrected chi connectivity index (χ3v) is 3.34. The first-order valence-corrected chi connectivity index (χ1v) is 7.15. The van der Waals surface area contributed by atoms with Gasteiger partial charge >= 0.3 is 0 Å². The first-order valence-electron chi connectivity index (χ1n) is 6.36. The van der Waals surface area contributed by atoms with Crippen LogP contribution < -0.4 is 10.1 Å². The van der Waals surface area contributed by atoms with Crippen molar-refractivity contribution in [1.29, 1.82) is 0 Å². The highest BCUT2D eigenvalue weighted by molar-refractivity contribution is 9.10. The predicted octanol–water partition coefficient (Wildman–Crippen LogP) is 4.04. The number of rotatable bonds is 6. The van der Waals surface area contributed by atoms with Gasteiger partial charge in [-0.25, -0.2) is 0 Å². The van der Waals surface area contributed by atoms with E-state index in [4.69, 9.17) is 9.15 Å². The maximum atomic E-state index is 5.73. The zero-order valence-electron chi connectivity index (χ0n) is 11.2. The molecule has 1 aromatic carbocycles. The molecule has 1 heterocycles. The molecule has 2 aromatic rings. The Morgan fingerprint density at radius 3 is 2.74 bits per heavy atom. The summed E-state index contributed by atoms with van der Waals surface area (Å²) in [6.45, 7) is 6.25. The molecule has 0 radical (unpaired) electrons. The molecule has 1 N–H and O–H groups in total. The number of aryl methyl sites for hydroxylation is 1. The van der Waals surface area contributed by atoms with Gasteiger partial charge in [0.2, 0.25) is 0 Å². The van der Waals surface area contributed by atoms with Crippen LogP contribution in [-0.4, -0.2) is 6.54 Å². The fourth-order valence-corrected chi connectivity index (χ4v) is 2.32. The lowest BCUT2D eigenvalue weighted by molar-refractivity contribution is 0.263. The van der Waals surface area contributed by atoms with Crippen molar-refractivity contribution in [2.24, 2.45) is 0 Å². The van der Waals surface area contributed by atoms with Crippen LogP contribution in [-0.2, 0) is 13.2 Å². The van der Waals surface area contributed by atoms with E-state index in [9.17, 15) is 0 Å². The summed E-state index contributed by atoms with van der Waals surface area (Å²) >= 11 is 3.49. The summed E-state index contributed by atoms with van der Waals surface area (Å²) in [6, 6.07) is 9.95. The normalized spacial score (nSPS) is 10.7. The Labute approximate surface area is 122 Å². The molecular weight excluding hydrogens is 306 g/mol. The van der Waals surface area contributed by atoms with E-state index in [1.54, 1.807) is 0 Å². The highest BCUT2D eigenvalue weighted by Crippen LogP contribution is 2.26. The Bertz CT molecular complexity index is 537. The predicted molar refractivity (Wildman–Crippen MR) is 79.3 cm³/mol. The molecule has 0 bridgehead atoms. The molecule has 0 aliphatic rings. The van der Waals surface area contributed by atoms with Crippen LogP contribution in [0.25, 0.3) is 0 Å². The minimum absolute atomic E-state index is 0.438. The molecule has 0 atom stereocenters. The van der Waals surface area contributed by atoms with Crippen LogP contribution in [0, 0.1) is 6.92 Å². The van der Waals surface area contributed by atoms with Crippen LogP contribution in [0.4, 0.5) is 0 Å². The van der Waals surface area contributed by atoms with Crippen molar-refractivity contribution in [2.75, 3.05) is 6.54 Å². The maximum absolute atomic E-state index is 5.73. The van der Waals surface area contributed by atoms with Crippen LogP contribution in [0.3, 0.4) is 0 Å². The van der Waals surface area contributed by atoms with E-state index in [1.807, 2.05) is 37.3 Å². The fourth-order valence-electron chi connectivity index (χ4n) is 1.71. The summed E-state index contributed by atoms with van der Waals surface area (Å²) in [7, 11) is 0. The van der Waals surface area contributed by atoms with Gasteiger partial charge in [0.15, 0.2) is 0 Å². The molecule has 0 saturated carbocycles. The largest absolute Gasteiger partial charge is 0.484 e. The van der Waals surface area contributed by atoms with E-state index in [-0.39, 0.29) is 0 Å². The standard InChI is InChI=1S/C15H18BrNO2/c1-3-17-9-12-5-6-13(19-12)10-18-15-7-4-11(2)8-14(15)16/h4-8,17H,3,9-10H2,1-2H3. The molecular formula is C15H18BrNO2. The second-order valence-corrected chi connectivity index (χ2v) is 5.23. The summed E-state index contributed by atoms with van der Waals surface area (Å²) in [5.74, 6) is 2.60. The van der Waals surface area contributed by atoms with Gasteiger partial charge in [-0.2, -0.15) is 0 Å². The lowest BCUT2D eigenvalue weighted by Gasteiger charge is -2.07. The highest BCUT2D eigenvalue weighted by atomic mass is 79.9. The van der Waals surface area contributed by atoms with Crippen molar-refractivity contribution in [3.8, 4) is 5.75 Å². The van der Waals surface area contributed by atoms with E-state index in [0.717, 1.165) is 34.8 Å². The van der Waals surface area contributed by atoms with Crippen molar-refractivity contribution in [2.45, 2.75) is 27.0 Å². The highest BCUT2D eigenvalue weighted by Gasteiger charge is 2.05. The third kappa shape index (κ3) is 4.11. The average molecular weight is 324 g/mol. The SMILES string of the molecule is CCNCc1ccc(COc2ccc(C)cc2Br)o1. The van der Waals surface area contributed by atoms with Crippen LogP contribution in [0.1, 0.15) is 24.0 Å². The van der Waals surface area contributed by atoms with Gasteiger partial charge < -0.3 is 14.5 Å². The molecule has 4 heteroatoms. The number of benzene rings is 1. The molecule has 0 unspecified atom stereocenters. The minimum Gasteiger partial charge on any atom is -0.484 e. The molecule has 0 amide bonds. The van der Waals surface area contributed by atoms with Crippen LogP contribution in [0.2, 0.25) is 0 Å². The maximum Gasteiger partial charge on any atom is 0.146 e. The molecule has 0 aliphatic carbocycles. The van der Waals surface area contributed by atoms with E-state index in [1.165, 1.54) is 5.56 Å². The Morgan fingerprint density at radius 2 is 2.00 bits per heavy atom. The first-order chi connectivity index (χ1) is 9.19. The number of furan rings is 1. The third-order valence-electron chi connectivity index (χ3n) is 2.72. The van der Waals surface area contributed by atoms with Crippen molar-refractivity contribution < 1.29 is 9.15 Å². The van der Waals surface area contributed by atoms with Crippen molar-refractivity contribution >= 4 is 15.9 Å². The second kappa shape index (κ2) is 6.78. The van der Waals surface area contributed by atoms with Crippen molar-refractivity contribution in [3.05, 3.63) is 51.9 Å². The van der Waals surface area contributed by atoms with Crippen LogP contribution in [0.15, 0.2) is 39.2 Å². The average Bonchev–Trinajstić information content (AvgIpc) is 2.83. The zero-order chi connectivity index (χ0) is 13.7. The van der Waals surface area contributed by atoms with Crippen molar-refractivity contribution in [3.63, 3.8) is 0 Å². The molecule has 0 fully saturated rings. The van der Waals surface area contributed by atoms with E-state index in [0.29, 0.717) is 6.61 Å². The summed E-state index contributed by atoms with van der Waals surface area (Å²) in [6.07, 6.45) is 0. The molecule has 2 rings (SSSR count). The molecule has 1 aromatic heterocycles. The lowest BCUT2D eigenvalue weighted by Crippen LogP contribution is -2.10. The number of hydrogen-bond acceptors (Lipinski definition) is 3. The second-order valence-electron chi connectivity index (χ2n) is 4.37. The first kappa shape index (κ1) is 14.2. The number of hydrogen-bond donors (Lipinski definition) is 1. The van der Waals surface area contributed by atoms with Gasteiger partial charge in [0.1, 0.15) is 23.9 Å². The molecule has 102 valence electrons. The number of ether oxygens (including phenoxy) is 1. The number of halogens is 1. The van der Waals surface area contributed by atoms with Crippen LogP contribution in [0.5, 0.6) is 5.75 Å². The van der Waals surface area contributed by atoms with E-state index in [2.05, 4.69) is 28.2 Å². The minimum atomic E-state index is 0.438. The molecule has 0 aliphatic heterocycles. The smallest absolute Gasteiger partial charge is 0.146 e. The summed E-state index contributed by atoms with van der Waals surface area (Å²) in [5.41, 5.74) is 1.20. The monoisotopic (exact) mass is 323 g/mol. The Kier molecular flexibility index (Phi) is 5.05. The number of nitrogens with one attached hydrogen (secondary N) is 1. The molecule has 0 spiro atoms. The molecule has 19 heavy (non-hydrogen) atoms. The van der Waals surface area contributed by atoms with Crippen molar-refractivity contribution in [1.82, 2.24) is 5.32 Å². The lowest BCUT2D eigenvalue weighted by atomic mass is 10.2. The fraction of sp³-hybridized carbons (Fsp3) is 0.333. The zero-order valence-corrected chi connectivity index (χ0v) is 12.8. The van der Waals surface area contributed by atoms with Gasteiger partial charge in [-0.15, -0.1) is 0 Å². The van der Waals surface area contributed by atoms with Gasteiger partial charge in [-0.1, -0.05) is 13.0 Å². The van der Waals surface area contributed by atoms with Gasteiger partial charge in [0.25, 0.3) is 0 Å². The quantitative estimate of drug-likeness (QED) is 0.871. The van der Waals surface area contributed by atoms with Gasteiger partial charge in [0.05, 0.1) is 11.0 Å². The van der Waals surface area contributed by atoms with Gasteiger partial charge in [0, 0.05) is 0 Å². The van der Waals surface area contributed by atoms with Crippen LogP contribution >= 0.6 is 15.9 Å². The Hall–Kier alpha value is -1.26. The molecule has 0 saturated heterocycles. The van der Waals surface area contributed by atoms with E-state index < -0.39 is 0 Å². The molecule has 3 nitrogen and oxygen atoms in total. The summed E-state index contributed by atoms with van der Waals surface area (Å²) in [4.78, 5) is 0. The topological polar surface area (TPSA) is 34.4 Å². The summed E-state index contributed by atoms with van der Waals surface area (Å²) < 4.78 is 12.4. The Morgan fingerprint density at radius 1 is 1.21 bits per heavy atom. The van der Waals surface area contributed by atoms with Gasteiger partial charge in [-0.05, 0) is 59.2 Å². The van der Waals surface area contributed by atoms with E-state index >= 15 is 0 Å². The van der Waals surface area contributed by atoms with Gasteiger partial charge in [-0.3, -0.25) is 0 Å². The Balaban J connectivity index is 1.92. The summed E-state index contributed by atoms with van der Waals surface area (Å²) in [5, 5.41) is 3.22.